The Kier molecular flexibility index (Phi) is 6.04. The van der Waals surface area contributed by atoms with Gasteiger partial charge < -0.3 is 30.8 Å². The van der Waals surface area contributed by atoms with Crippen LogP contribution in [-0.2, 0) is 11.3 Å². The number of rotatable bonds is 4. The number of nitrogens with zero attached hydrogens (tertiary/aromatic N) is 2. The molecule has 0 fully saturated rings. The summed E-state index contributed by atoms with van der Waals surface area (Å²) in [4.78, 5) is 28.1. The van der Waals surface area contributed by atoms with Gasteiger partial charge in [0.1, 0.15) is 17.3 Å². The van der Waals surface area contributed by atoms with Gasteiger partial charge in [0.05, 0.1) is 41.6 Å². The van der Waals surface area contributed by atoms with Crippen LogP contribution in [0, 0.1) is 6.92 Å². The number of carbonyl (C=O) groups is 2. The van der Waals surface area contributed by atoms with Crippen LogP contribution in [0.4, 0.5) is 11.5 Å². The lowest BCUT2D eigenvalue weighted by Gasteiger charge is -2.13. The third-order valence-electron chi connectivity index (χ3n) is 5.41. The van der Waals surface area contributed by atoms with E-state index in [1.54, 1.807) is 22.9 Å². The maximum absolute atomic E-state index is 13.1. The van der Waals surface area contributed by atoms with Gasteiger partial charge in [0.25, 0.3) is 5.91 Å². The summed E-state index contributed by atoms with van der Waals surface area (Å²) in [6, 6.07) is 5.03. The topological polar surface area (TPSA) is 136 Å². The van der Waals surface area contributed by atoms with E-state index in [4.69, 9.17) is 15.2 Å². The number of aromatic amines is 1. The molecule has 2 aromatic heterocycles. The van der Waals surface area contributed by atoms with Gasteiger partial charge in [-0.3, -0.25) is 14.3 Å². The lowest BCUT2D eigenvalue weighted by atomic mass is 10.1. The monoisotopic (exact) mass is 440 g/mol. The van der Waals surface area contributed by atoms with E-state index in [0.29, 0.717) is 66.8 Å². The highest BCUT2D eigenvalue weighted by Gasteiger charge is 2.22. The Morgan fingerprint density at radius 3 is 2.88 bits per heavy atom. The average Bonchev–Trinajstić information content (AvgIpc) is 3.29. The van der Waals surface area contributed by atoms with E-state index in [9.17, 15) is 9.59 Å². The van der Waals surface area contributed by atoms with Gasteiger partial charge in [0.15, 0.2) is 0 Å². The Balaban J connectivity index is 1.79. The van der Waals surface area contributed by atoms with Crippen LogP contribution in [0.3, 0.4) is 0 Å². The van der Waals surface area contributed by atoms with Gasteiger partial charge >= 0.3 is 0 Å². The molecule has 4 rings (SSSR count). The Labute approximate surface area is 185 Å². The third kappa shape index (κ3) is 4.26. The van der Waals surface area contributed by atoms with E-state index in [2.05, 4.69) is 20.7 Å². The number of aryl methyl sites for hydroxylation is 2. The van der Waals surface area contributed by atoms with Crippen molar-refractivity contribution in [2.75, 3.05) is 30.4 Å². The number of nitrogens with one attached hydrogen (secondary N) is 3. The van der Waals surface area contributed by atoms with Crippen LogP contribution in [0.25, 0.3) is 10.9 Å². The zero-order valence-corrected chi connectivity index (χ0v) is 18.4. The molecule has 2 amide bonds. The molecule has 10 nitrogen and oxygen atoms in total. The summed E-state index contributed by atoms with van der Waals surface area (Å²) in [6.07, 6.45) is 0.730. The first-order valence-corrected chi connectivity index (χ1v) is 10.7. The minimum Gasteiger partial charge on any atom is -0.493 e. The number of amides is 2. The van der Waals surface area contributed by atoms with E-state index in [-0.39, 0.29) is 12.0 Å². The zero-order valence-electron chi connectivity index (χ0n) is 18.4. The van der Waals surface area contributed by atoms with E-state index < -0.39 is 5.91 Å². The second-order valence-corrected chi connectivity index (χ2v) is 7.82. The summed E-state index contributed by atoms with van der Waals surface area (Å²) in [6.45, 7) is 7.78. The normalized spacial score (nSPS) is 16.7. The fourth-order valence-electron chi connectivity index (χ4n) is 3.82. The molecule has 0 radical (unpaired) electrons. The molecule has 0 spiro atoms. The number of aromatic nitrogens is 3. The first-order valence-electron chi connectivity index (χ1n) is 10.7. The molecule has 10 heteroatoms. The fourth-order valence-corrected chi connectivity index (χ4v) is 3.82. The molecule has 0 saturated carbocycles. The molecule has 170 valence electrons. The SMILES string of the molecule is CCn1nc(C)cc1C(=O)Nc1[nH]c2cc(C(N)=O)cc3c2c1NCCOC(C)CCO3. The van der Waals surface area contributed by atoms with Crippen molar-refractivity contribution in [2.24, 2.45) is 5.73 Å². The van der Waals surface area contributed by atoms with Crippen molar-refractivity contribution in [3.05, 3.63) is 35.2 Å². The lowest BCUT2D eigenvalue weighted by Crippen LogP contribution is -2.19. The van der Waals surface area contributed by atoms with Crippen LogP contribution in [0.1, 0.15) is 46.8 Å². The van der Waals surface area contributed by atoms with Crippen LogP contribution in [0.5, 0.6) is 5.75 Å². The summed E-state index contributed by atoms with van der Waals surface area (Å²) in [5.41, 5.74) is 8.36. The van der Waals surface area contributed by atoms with E-state index in [1.165, 1.54) is 0 Å². The molecular formula is C22H28N6O4. The van der Waals surface area contributed by atoms with Crippen molar-refractivity contribution >= 4 is 34.2 Å². The summed E-state index contributed by atoms with van der Waals surface area (Å²) >= 11 is 0. The Morgan fingerprint density at radius 1 is 1.31 bits per heavy atom. The summed E-state index contributed by atoms with van der Waals surface area (Å²) in [5.74, 6) is 0.119. The van der Waals surface area contributed by atoms with Crippen LogP contribution in [0.2, 0.25) is 0 Å². The first-order chi connectivity index (χ1) is 15.4. The standard InChI is InChI=1S/C22H28N6O4/c1-4-28-16(9-12(2)27-28)22(30)26-21-19-18-15(25-21)10-14(20(23)29)11-17(18)32-7-5-13(3)31-8-6-24-19/h9-11,13,24-25H,4-8H2,1-3H3,(H2,23,29)(H,26,30). The Morgan fingerprint density at radius 2 is 2.12 bits per heavy atom. The largest absolute Gasteiger partial charge is 0.493 e. The smallest absolute Gasteiger partial charge is 0.275 e. The van der Waals surface area contributed by atoms with Crippen LogP contribution >= 0.6 is 0 Å². The molecule has 0 bridgehead atoms. The molecule has 1 atom stereocenters. The molecule has 32 heavy (non-hydrogen) atoms. The maximum Gasteiger partial charge on any atom is 0.275 e. The fraction of sp³-hybridized carbons (Fsp3) is 0.409. The van der Waals surface area contributed by atoms with Crippen LogP contribution < -0.4 is 21.1 Å². The van der Waals surface area contributed by atoms with E-state index >= 15 is 0 Å². The van der Waals surface area contributed by atoms with E-state index in [0.717, 1.165) is 11.1 Å². The molecule has 1 aliphatic heterocycles. The number of nitrogens with two attached hydrogens (primary N) is 1. The molecule has 0 saturated heterocycles. The number of primary amides is 1. The average molecular weight is 441 g/mol. The predicted molar refractivity (Wildman–Crippen MR) is 121 cm³/mol. The molecule has 3 aromatic rings. The molecule has 1 aliphatic rings. The number of anilines is 2. The lowest BCUT2D eigenvalue weighted by molar-refractivity contribution is 0.0577. The van der Waals surface area contributed by atoms with Crippen molar-refractivity contribution in [2.45, 2.75) is 39.8 Å². The number of H-pyrrole nitrogens is 1. The summed E-state index contributed by atoms with van der Waals surface area (Å²) < 4.78 is 13.5. The number of carbonyl (C=O) groups excluding carboxylic acids is 2. The van der Waals surface area contributed by atoms with Gasteiger partial charge in [0, 0.05) is 25.1 Å². The van der Waals surface area contributed by atoms with Crippen molar-refractivity contribution < 1.29 is 19.1 Å². The highest BCUT2D eigenvalue weighted by Crippen LogP contribution is 2.39. The second kappa shape index (κ2) is 8.91. The maximum atomic E-state index is 13.1. The van der Waals surface area contributed by atoms with Crippen molar-refractivity contribution in [3.8, 4) is 5.75 Å². The quantitative estimate of drug-likeness (QED) is 0.492. The van der Waals surface area contributed by atoms with Gasteiger partial charge in [-0.05, 0) is 39.0 Å². The van der Waals surface area contributed by atoms with Crippen LogP contribution in [-0.4, -0.2) is 52.4 Å². The Bertz CT molecular complexity index is 1170. The van der Waals surface area contributed by atoms with Gasteiger partial charge in [-0.15, -0.1) is 0 Å². The van der Waals surface area contributed by atoms with E-state index in [1.807, 2.05) is 20.8 Å². The molecule has 0 aliphatic carbocycles. The molecular weight excluding hydrogens is 412 g/mol. The Hall–Kier alpha value is -3.53. The van der Waals surface area contributed by atoms with Gasteiger partial charge in [-0.1, -0.05) is 0 Å². The minimum absolute atomic E-state index is 0.0300. The van der Waals surface area contributed by atoms with Crippen molar-refractivity contribution in [3.63, 3.8) is 0 Å². The number of hydrogen-bond acceptors (Lipinski definition) is 6. The molecule has 5 N–H and O–H groups in total. The molecule has 3 heterocycles. The molecule has 1 unspecified atom stereocenters. The van der Waals surface area contributed by atoms with Crippen molar-refractivity contribution in [1.29, 1.82) is 0 Å². The third-order valence-corrected chi connectivity index (χ3v) is 5.41. The van der Waals surface area contributed by atoms with Gasteiger partial charge in [0.2, 0.25) is 5.91 Å². The summed E-state index contributed by atoms with van der Waals surface area (Å²) in [7, 11) is 0. The number of ether oxygens (including phenoxy) is 2. The van der Waals surface area contributed by atoms with Gasteiger partial charge in [-0.25, -0.2) is 0 Å². The van der Waals surface area contributed by atoms with Gasteiger partial charge in [-0.2, -0.15) is 5.10 Å². The highest BCUT2D eigenvalue weighted by atomic mass is 16.5. The summed E-state index contributed by atoms with van der Waals surface area (Å²) in [5, 5.41) is 11.4. The molecule has 1 aromatic carbocycles. The first kappa shape index (κ1) is 21.7. The minimum atomic E-state index is -0.560. The highest BCUT2D eigenvalue weighted by molar-refractivity contribution is 6.12. The number of benzene rings is 1. The predicted octanol–water partition coefficient (Wildman–Crippen LogP) is 2.64. The van der Waals surface area contributed by atoms with Crippen LogP contribution in [0.15, 0.2) is 18.2 Å². The zero-order chi connectivity index (χ0) is 22.8. The number of hydrogen-bond donors (Lipinski definition) is 4. The second-order valence-electron chi connectivity index (χ2n) is 7.82. The van der Waals surface area contributed by atoms with Crippen molar-refractivity contribution in [1.82, 2.24) is 14.8 Å².